The van der Waals surface area contributed by atoms with Crippen molar-refractivity contribution in [3.63, 3.8) is 0 Å². The first-order chi connectivity index (χ1) is 13.4. The number of benzene rings is 1. The molecule has 0 amide bonds. The maximum Gasteiger partial charge on any atom is 0.216 e. The third-order valence-corrected chi connectivity index (χ3v) is 6.49. The van der Waals surface area contributed by atoms with Gasteiger partial charge in [0.25, 0.3) is 0 Å². The summed E-state index contributed by atoms with van der Waals surface area (Å²) in [5.74, 6) is 0.662. The molecule has 1 aliphatic heterocycles. The van der Waals surface area contributed by atoms with E-state index in [1.54, 1.807) is 0 Å². The van der Waals surface area contributed by atoms with Gasteiger partial charge in [0.05, 0.1) is 24.5 Å². The molecule has 0 bridgehead atoms. The van der Waals surface area contributed by atoms with E-state index in [2.05, 4.69) is 34.7 Å². The summed E-state index contributed by atoms with van der Waals surface area (Å²) in [5, 5.41) is 6.33. The van der Waals surface area contributed by atoms with E-state index in [4.69, 9.17) is 4.74 Å². The van der Waals surface area contributed by atoms with Crippen LogP contribution in [0.2, 0.25) is 0 Å². The highest BCUT2D eigenvalue weighted by Gasteiger charge is 2.30. The molecule has 1 aromatic carbocycles. The number of nitrogens with zero attached hydrogens (tertiary/aromatic N) is 2. The van der Waals surface area contributed by atoms with Gasteiger partial charge in [0, 0.05) is 26.2 Å². The van der Waals surface area contributed by atoms with Crippen LogP contribution in [0.25, 0.3) is 0 Å². The third-order valence-electron chi connectivity index (χ3n) is 4.68. The van der Waals surface area contributed by atoms with Crippen LogP contribution < -0.4 is 10.6 Å². The van der Waals surface area contributed by atoms with Crippen LogP contribution >= 0.6 is 0 Å². The lowest BCUT2D eigenvalue weighted by atomic mass is 10.1. The smallest absolute Gasteiger partial charge is 0.216 e. The second-order valence-electron chi connectivity index (χ2n) is 7.13. The average molecular weight is 411 g/mol. The molecule has 1 aromatic rings. The Hall–Kier alpha value is -1.64. The third kappa shape index (κ3) is 6.76. The molecule has 2 unspecified atom stereocenters. The molecule has 0 aliphatic carbocycles. The molecule has 1 aliphatic rings. The van der Waals surface area contributed by atoms with Gasteiger partial charge in [-0.3, -0.25) is 0 Å². The quantitative estimate of drug-likeness (QED) is 0.504. The van der Waals surface area contributed by atoms with Gasteiger partial charge >= 0.3 is 0 Å². The lowest BCUT2D eigenvalue weighted by molar-refractivity contribution is -0.0440. The molecule has 2 atom stereocenters. The minimum absolute atomic E-state index is 0.0302. The summed E-state index contributed by atoms with van der Waals surface area (Å²) in [6, 6.07) is 8.24. The fourth-order valence-corrected chi connectivity index (χ4v) is 4.84. The number of sulfonamides is 1. The molecule has 0 aromatic heterocycles. The molecule has 1 saturated heterocycles. The molecule has 28 heavy (non-hydrogen) atoms. The standard InChI is InChI=1S/C20H34N4O3S/c1-5-18-9-7-8-10-19(18)13-23-20(21-6-2)22-11-12-28(25,26)24-14-16(3)27-17(4)15-24/h7-10,16-17H,5-6,11-15H2,1-4H3,(H2,21,22,23). The Balaban J connectivity index is 1.93. The second-order valence-corrected chi connectivity index (χ2v) is 9.22. The molecular formula is C20H34N4O3S. The largest absolute Gasteiger partial charge is 0.373 e. The Morgan fingerprint density at radius 3 is 2.39 bits per heavy atom. The highest BCUT2D eigenvalue weighted by Crippen LogP contribution is 2.14. The molecule has 2 rings (SSSR count). The second kappa shape index (κ2) is 10.8. The van der Waals surface area contributed by atoms with Gasteiger partial charge in [-0.05, 0) is 38.3 Å². The Bertz CT molecular complexity index is 742. The summed E-state index contributed by atoms with van der Waals surface area (Å²) in [7, 11) is -3.33. The molecule has 158 valence electrons. The summed E-state index contributed by atoms with van der Waals surface area (Å²) < 4.78 is 32.5. The number of rotatable bonds is 8. The van der Waals surface area contributed by atoms with Crippen LogP contribution in [0, 0.1) is 0 Å². The van der Waals surface area contributed by atoms with Crippen LogP contribution in [-0.4, -0.2) is 62.8 Å². The maximum absolute atomic E-state index is 12.6. The number of aryl methyl sites for hydroxylation is 1. The van der Waals surface area contributed by atoms with E-state index < -0.39 is 10.0 Å². The number of morpholine rings is 1. The minimum Gasteiger partial charge on any atom is -0.373 e. The summed E-state index contributed by atoms with van der Waals surface area (Å²) in [6.07, 6.45) is 0.803. The molecular weight excluding hydrogens is 376 g/mol. The van der Waals surface area contributed by atoms with E-state index in [-0.39, 0.29) is 18.0 Å². The topological polar surface area (TPSA) is 83.0 Å². The molecule has 8 heteroatoms. The van der Waals surface area contributed by atoms with Crippen molar-refractivity contribution in [2.24, 2.45) is 4.99 Å². The molecule has 0 saturated carbocycles. The predicted molar refractivity (Wildman–Crippen MR) is 114 cm³/mol. The number of nitrogens with one attached hydrogen (secondary N) is 2. The van der Waals surface area contributed by atoms with Crippen molar-refractivity contribution < 1.29 is 13.2 Å². The van der Waals surface area contributed by atoms with E-state index in [0.717, 1.165) is 6.42 Å². The van der Waals surface area contributed by atoms with E-state index in [9.17, 15) is 8.42 Å². The highest BCUT2D eigenvalue weighted by molar-refractivity contribution is 7.89. The maximum atomic E-state index is 12.6. The van der Waals surface area contributed by atoms with E-state index in [1.807, 2.05) is 32.9 Å². The number of hydrogen-bond donors (Lipinski definition) is 2. The minimum atomic E-state index is -3.33. The molecule has 2 N–H and O–H groups in total. The molecule has 1 fully saturated rings. The van der Waals surface area contributed by atoms with Crippen LogP contribution in [0.3, 0.4) is 0 Å². The number of ether oxygens (including phenoxy) is 1. The van der Waals surface area contributed by atoms with E-state index >= 15 is 0 Å². The Morgan fingerprint density at radius 2 is 1.79 bits per heavy atom. The highest BCUT2D eigenvalue weighted by atomic mass is 32.2. The van der Waals surface area contributed by atoms with Crippen molar-refractivity contribution in [1.29, 1.82) is 0 Å². The van der Waals surface area contributed by atoms with Crippen LogP contribution in [-0.2, 0) is 27.7 Å². The Labute approximate surface area is 169 Å². The zero-order chi connectivity index (χ0) is 20.6. The summed E-state index contributed by atoms with van der Waals surface area (Å²) in [6.45, 7) is 10.3. The van der Waals surface area contributed by atoms with Crippen molar-refractivity contribution in [3.8, 4) is 0 Å². The van der Waals surface area contributed by atoms with Crippen LogP contribution in [0.15, 0.2) is 29.3 Å². The van der Waals surface area contributed by atoms with E-state index in [0.29, 0.717) is 38.7 Å². The summed E-state index contributed by atoms with van der Waals surface area (Å²) in [4.78, 5) is 4.61. The van der Waals surface area contributed by atoms with Crippen molar-refractivity contribution >= 4 is 16.0 Å². The van der Waals surface area contributed by atoms with Gasteiger partial charge < -0.3 is 15.4 Å². The zero-order valence-corrected chi connectivity index (χ0v) is 18.3. The molecule has 1 heterocycles. The van der Waals surface area contributed by atoms with Crippen molar-refractivity contribution in [1.82, 2.24) is 14.9 Å². The van der Waals surface area contributed by atoms with Crippen LogP contribution in [0.5, 0.6) is 0 Å². The van der Waals surface area contributed by atoms with Gasteiger partial charge in [0.1, 0.15) is 0 Å². The first kappa shape index (κ1) is 22.6. The monoisotopic (exact) mass is 410 g/mol. The predicted octanol–water partition coefficient (Wildman–Crippen LogP) is 1.74. The summed E-state index contributed by atoms with van der Waals surface area (Å²) >= 11 is 0. The first-order valence-corrected chi connectivity index (χ1v) is 11.7. The van der Waals surface area contributed by atoms with E-state index in [1.165, 1.54) is 15.4 Å². The number of guanidine groups is 1. The zero-order valence-electron chi connectivity index (χ0n) is 17.4. The van der Waals surface area contributed by atoms with Crippen LogP contribution in [0.4, 0.5) is 0 Å². The molecule has 0 spiro atoms. The van der Waals surface area contributed by atoms with Crippen molar-refractivity contribution in [3.05, 3.63) is 35.4 Å². The van der Waals surface area contributed by atoms with Gasteiger partial charge in [0.15, 0.2) is 5.96 Å². The van der Waals surface area contributed by atoms with Crippen molar-refractivity contribution in [2.45, 2.75) is 52.9 Å². The molecule has 7 nitrogen and oxygen atoms in total. The van der Waals surface area contributed by atoms with Crippen molar-refractivity contribution in [2.75, 3.05) is 31.9 Å². The SMILES string of the molecule is CCNC(=NCc1ccccc1CC)NCCS(=O)(=O)N1CC(C)OC(C)C1. The fourth-order valence-electron chi connectivity index (χ4n) is 3.35. The van der Waals surface area contributed by atoms with Gasteiger partial charge in [-0.1, -0.05) is 31.2 Å². The fraction of sp³-hybridized carbons (Fsp3) is 0.650. The summed E-state index contributed by atoms with van der Waals surface area (Å²) in [5.41, 5.74) is 2.46. The van der Waals surface area contributed by atoms with Gasteiger partial charge in [-0.25, -0.2) is 13.4 Å². The lowest BCUT2D eigenvalue weighted by Crippen LogP contribution is -2.50. The first-order valence-electron chi connectivity index (χ1n) is 10.1. The van der Waals surface area contributed by atoms with Crippen LogP contribution in [0.1, 0.15) is 38.8 Å². The van der Waals surface area contributed by atoms with Gasteiger partial charge in [-0.2, -0.15) is 4.31 Å². The van der Waals surface area contributed by atoms with Gasteiger partial charge in [0.2, 0.25) is 10.0 Å². The lowest BCUT2D eigenvalue weighted by Gasteiger charge is -2.34. The average Bonchev–Trinajstić information content (AvgIpc) is 2.65. The Kier molecular flexibility index (Phi) is 8.72. The van der Waals surface area contributed by atoms with Gasteiger partial charge in [-0.15, -0.1) is 0 Å². The number of hydrogen-bond acceptors (Lipinski definition) is 4. The Morgan fingerprint density at radius 1 is 1.14 bits per heavy atom. The normalized spacial score (nSPS) is 21.5. The number of aliphatic imine (C=N–C) groups is 1. The molecule has 0 radical (unpaired) electrons.